The van der Waals surface area contributed by atoms with Gasteiger partial charge in [-0.05, 0) is 32.9 Å². The molecule has 1 saturated carbocycles. The topological polar surface area (TPSA) is 77.4 Å². The Labute approximate surface area is 128 Å². The van der Waals surface area contributed by atoms with E-state index in [1.807, 2.05) is 20.8 Å². The number of hydrogen-bond donors (Lipinski definition) is 4. The van der Waals surface area contributed by atoms with Crippen LogP contribution in [0.15, 0.2) is 18.2 Å². The number of alkyl halides is 2. The molecule has 1 fully saturated rings. The summed E-state index contributed by atoms with van der Waals surface area (Å²) < 4.78 is 25.6. The van der Waals surface area contributed by atoms with Crippen LogP contribution >= 0.6 is 0 Å². The number of hydrogen-bond acceptors (Lipinski definition) is 5. The molecule has 2 rings (SSSR count). The van der Waals surface area contributed by atoms with Crippen molar-refractivity contribution in [2.75, 3.05) is 11.9 Å². The van der Waals surface area contributed by atoms with Crippen LogP contribution in [0.1, 0.15) is 39.3 Å². The van der Waals surface area contributed by atoms with Crippen molar-refractivity contribution < 1.29 is 19.0 Å². The maximum Gasteiger partial charge on any atom is 0.252 e. The minimum absolute atomic E-state index is 0.0698. The van der Waals surface area contributed by atoms with E-state index >= 15 is 0 Å². The molecule has 0 atom stereocenters. The standard InChI is InChI=1S/C15H23F2N3O2/c1-13(2,3)18-9-15(21,22)11-5-4-6-12(20-11)19-10-7-14(16,17)8-10/h4-6,10,18,21-22H,7-9H2,1-3H3,(H,19,20). The Hall–Kier alpha value is -1.31. The number of aliphatic hydroxyl groups is 2. The van der Waals surface area contributed by atoms with Crippen LogP contribution in [0.25, 0.3) is 0 Å². The maximum atomic E-state index is 12.8. The smallest absolute Gasteiger partial charge is 0.252 e. The van der Waals surface area contributed by atoms with Gasteiger partial charge in [-0.3, -0.25) is 0 Å². The summed E-state index contributed by atoms with van der Waals surface area (Å²) in [5.74, 6) is -4.38. The fourth-order valence-corrected chi connectivity index (χ4v) is 2.19. The molecule has 0 aliphatic heterocycles. The normalized spacial score (nSPS) is 18.9. The molecule has 0 unspecified atom stereocenters. The van der Waals surface area contributed by atoms with Gasteiger partial charge in [0.15, 0.2) is 0 Å². The molecular weight excluding hydrogens is 292 g/mol. The Kier molecular flexibility index (Phi) is 4.43. The molecule has 7 heteroatoms. The highest BCUT2D eigenvalue weighted by atomic mass is 19.3. The summed E-state index contributed by atoms with van der Waals surface area (Å²) in [5.41, 5.74) is -0.204. The van der Waals surface area contributed by atoms with Crippen LogP contribution in [0.2, 0.25) is 0 Å². The van der Waals surface area contributed by atoms with Gasteiger partial charge in [0.05, 0.1) is 6.54 Å². The van der Waals surface area contributed by atoms with Crippen molar-refractivity contribution in [2.45, 2.75) is 56.9 Å². The highest BCUT2D eigenvalue weighted by Crippen LogP contribution is 2.38. The Morgan fingerprint density at radius 3 is 2.45 bits per heavy atom. The summed E-state index contributed by atoms with van der Waals surface area (Å²) in [4.78, 5) is 4.12. The van der Waals surface area contributed by atoms with E-state index in [9.17, 15) is 19.0 Å². The van der Waals surface area contributed by atoms with Crippen molar-refractivity contribution >= 4 is 5.82 Å². The number of aromatic nitrogens is 1. The number of nitrogens with one attached hydrogen (secondary N) is 2. The zero-order valence-corrected chi connectivity index (χ0v) is 13.0. The second kappa shape index (κ2) is 5.72. The SMILES string of the molecule is CC(C)(C)NCC(O)(O)c1cccc(NC2CC(F)(F)C2)n1. The van der Waals surface area contributed by atoms with Crippen LogP contribution in [0, 0.1) is 0 Å². The number of nitrogens with zero attached hydrogens (tertiary/aromatic N) is 1. The number of β-amino-alcohol motifs (C(OH)–C–C–N with tert-alkyl or cyclic N) is 2. The monoisotopic (exact) mass is 315 g/mol. The average molecular weight is 315 g/mol. The van der Waals surface area contributed by atoms with E-state index in [1.165, 1.54) is 6.07 Å². The van der Waals surface area contributed by atoms with Gasteiger partial charge in [-0.15, -0.1) is 0 Å². The highest BCUT2D eigenvalue weighted by molar-refractivity contribution is 5.38. The molecule has 0 radical (unpaired) electrons. The molecule has 1 aliphatic carbocycles. The fourth-order valence-electron chi connectivity index (χ4n) is 2.19. The minimum Gasteiger partial charge on any atom is -0.367 e. The molecule has 22 heavy (non-hydrogen) atoms. The summed E-state index contributed by atoms with van der Waals surface area (Å²) in [6, 6.07) is 4.38. The Bertz CT molecular complexity index is 522. The molecule has 5 nitrogen and oxygen atoms in total. The van der Waals surface area contributed by atoms with Crippen LogP contribution in [0.5, 0.6) is 0 Å². The number of pyridine rings is 1. The molecule has 0 spiro atoms. The molecule has 0 saturated heterocycles. The van der Waals surface area contributed by atoms with Crippen molar-refractivity contribution in [3.63, 3.8) is 0 Å². The van der Waals surface area contributed by atoms with Gasteiger partial charge in [-0.2, -0.15) is 0 Å². The predicted octanol–water partition coefficient (Wildman–Crippen LogP) is 1.82. The van der Waals surface area contributed by atoms with E-state index in [-0.39, 0.29) is 36.7 Å². The van der Waals surface area contributed by atoms with Crippen LogP contribution in [0.4, 0.5) is 14.6 Å². The van der Waals surface area contributed by atoms with Gasteiger partial charge in [-0.1, -0.05) is 6.07 Å². The minimum atomic E-state index is -2.61. The van der Waals surface area contributed by atoms with E-state index in [1.54, 1.807) is 12.1 Å². The van der Waals surface area contributed by atoms with E-state index in [0.29, 0.717) is 5.82 Å². The van der Waals surface area contributed by atoms with Crippen LogP contribution in [-0.4, -0.2) is 39.2 Å². The van der Waals surface area contributed by atoms with Crippen molar-refractivity contribution in [3.8, 4) is 0 Å². The second-order valence-electron chi connectivity index (χ2n) is 6.93. The first-order valence-electron chi connectivity index (χ1n) is 7.29. The second-order valence-corrected chi connectivity index (χ2v) is 6.93. The van der Waals surface area contributed by atoms with Gasteiger partial charge in [0, 0.05) is 24.4 Å². The third kappa shape index (κ3) is 4.59. The summed E-state index contributed by atoms with van der Waals surface area (Å²) in [6.07, 6.45) is -0.457. The van der Waals surface area contributed by atoms with Gasteiger partial charge < -0.3 is 20.8 Å². The predicted molar refractivity (Wildman–Crippen MR) is 79.7 cm³/mol. The van der Waals surface area contributed by atoms with E-state index in [0.717, 1.165) is 0 Å². The quantitative estimate of drug-likeness (QED) is 0.624. The largest absolute Gasteiger partial charge is 0.367 e. The first-order valence-corrected chi connectivity index (χ1v) is 7.29. The molecule has 1 heterocycles. The molecule has 0 bridgehead atoms. The van der Waals surface area contributed by atoms with Crippen LogP contribution < -0.4 is 10.6 Å². The summed E-state index contributed by atoms with van der Waals surface area (Å²) in [6.45, 7) is 5.64. The summed E-state index contributed by atoms with van der Waals surface area (Å²) >= 11 is 0. The van der Waals surface area contributed by atoms with E-state index < -0.39 is 11.7 Å². The van der Waals surface area contributed by atoms with Crippen LogP contribution in [-0.2, 0) is 5.79 Å². The van der Waals surface area contributed by atoms with Gasteiger partial charge in [0.1, 0.15) is 11.5 Å². The molecule has 1 aromatic rings. The summed E-state index contributed by atoms with van der Waals surface area (Å²) in [7, 11) is 0. The molecular formula is C15H23F2N3O2. The molecule has 0 amide bonds. The Balaban J connectivity index is 2.01. The molecule has 4 N–H and O–H groups in total. The molecule has 124 valence electrons. The van der Waals surface area contributed by atoms with E-state index in [2.05, 4.69) is 15.6 Å². The van der Waals surface area contributed by atoms with Gasteiger partial charge in [0.25, 0.3) is 5.92 Å². The van der Waals surface area contributed by atoms with Crippen molar-refractivity contribution in [1.82, 2.24) is 10.3 Å². The number of halogens is 2. The number of rotatable bonds is 5. The van der Waals surface area contributed by atoms with Gasteiger partial charge >= 0.3 is 0 Å². The van der Waals surface area contributed by atoms with E-state index in [4.69, 9.17) is 0 Å². The number of anilines is 1. The first kappa shape index (κ1) is 17.1. The van der Waals surface area contributed by atoms with Crippen LogP contribution in [0.3, 0.4) is 0 Å². The third-order valence-electron chi connectivity index (χ3n) is 3.47. The maximum absolute atomic E-state index is 12.8. The zero-order chi connectivity index (χ0) is 16.6. The Morgan fingerprint density at radius 1 is 1.27 bits per heavy atom. The summed E-state index contributed by atoms with van der Waals surface area (Å²) in [5, 5.41) is 26.2. The van der Waals surface area contributed by atoms with Crippen molar-refractivity contribution in [1.29, 1.82) is 0 Å². The first-order chi connectivity index (χ1) is 9.97. The lowest BCUT2D eigenvalue weighted by molar-refractivity contribution is -0.170. The molecule has 1 aliphatic rings. The lowest BCUT2D eigenvalue weighted by atomic mass is 9.88. The lowest BCUT2D eigenvalue weighted by Crippen LogP contribution is -2.47. The molecule has 1 aromatic heterocycles. The van der Waals surface area contributed by atoms with Gasteiger partial charge in [-0.25, -0.2) is 13.8 Å². The third-order valence-corrected chi connectivity index (χ3v) is 3.47. The molecule has 0 aromatic carbocycles. The fraction of sp³-hybridized carbons (Fsp3) is 0.667. The van der Waals surface area contributed by atoms with Crippen molar-refractivity contribution in [2.24, 2.45) is 0 Å². The van der Waals surface area contributed by atoms with Crippen molar-refractivity contribution in [3.05, 3.63) is 23.9 Å². The zero-order valence-electron chi connectivity index (χ0n) is 13.0. The average Bonchev–Trinajstić information content (AvgIpc) is 2.34. The highest BCUT2D eigenvalue weighted by Gasteiger charge is 2.45. The Morgan fingerprint density at radius 2 is 1.91 bits per heavy atom. The lowest BCUT2D eigenvalue weighted by Gasteiger charge is -2.35. The van der Waals surface area contributed by atoms with Gasteiger partial charge in [0.2, 0.25) is 5.79 Å².